The van der Waals surface area contributed by atoms with Crippen molar-refractivity contribution in [1.29, 1.82) is 0 Å². The highest BCUT2D eigenvalue weighted by atomic mass is 16.5. The summed E-state index contributed by atoms with van der Waals surface area (Å²) in [5, 5.41) is 25.1. The number of rotatable bonds is 36. The number of hydrogen-bond donors (Lipinski definition) is 2. The molecule has 0 unspecified atom stereocenters. The van der Waals surface area contributed by atoms with Crippen LogP contribution in [0.2, 0.25) is 0 Å². The number of phenolic OH excluding ortho intramolecular Hbond substituents is 2. The van der Waals surface area contributed by atoms with E-state index in [0.29, 0.717) is 48.6 Å². The Kier molecular flexibility index (Phi) is 25.6. The Balaban J connectivity index is 0.792. The van der Waals surface area contributed by atoms with Crippen LogP contribution in [0.4, 0.5) is 0 Å². The lowest BCUT2D eigenvalue weighted by Gasteiger charge is -2.09. The van der Waals surface area contributed by atoms with E-state index in [1.165, 1.54) is 102 Å². The molecule has 0 fully saturated rings. The Morgan fingerprint density at radius 3 is 1.11 bits per heavy atom. The maximum absolute atomic E-state index is 13.0. The van der Waals surface area contributed by atoms with Gasteiger partial charge < -0.3 is 29.2 Å². The lowest BCUT2D eigenvalue weighted by Crippen LogP contribution is -2.08. The lowest BCUT2D eigenvalue weighted by molar-refractivity contribution is 0.0725. The molecule has 0 aliphatic carbocycles. The number of unbranched alkanes of at least 4 members (excludes halogenated alkanes) is 20. The molecule has 0 spiro atoms. The van der Waals surface area contributed by atoms with Gasteiger partial charge in [0.2, 0.25) is 0 Å². The van der Waals surface area contributed by atoms with Gasteiger partial charge in [-0.3, -0.25) is 9.98 Å². The van der Waals surface area contributed by atoms with Gasteiger partial charge in [-0.15, -0.1) is 0 Å². The molecule has 10 heteroatoms. The second kappa shape index (κ2) is 33.3. The fourth-order valence-electron chi connectivity index (χ4n) is 9.07. The highest BCUT2D eigenvalue weighted by Crippen LogP contribution is 2.28. The summed E-state index contributed by atoms with van der Waals surface area (Å²) in [5.74, 6) is 1.20. The van der Waals surface area contributed by atoms with Gasteiger partial charge in [0, 0.05) is 48.8 Å². The van der Waals surface area contributed by atoms with Crippen molar-refractivity contribution in [2.75, 3.05) is 26.3 Å². The number of phenols is 2. The zero-order chi connectivity index (χ0) is 52.7. The second-order valence-electron chi connectivity index (χ2n) is 19.9. The molecule has 6 rings (SSSR count). The van der Waals surface area contributed by atoms with Crippen molar-refractivity contribution >= 4 is 45.9 Å². The Labute approximate surface area is 446 Å². The third kappa shape index (κ3) is 20.9. The van der Waals surface area contributed by atoms with Crippen LogP contribution in [0.3, 0.4) is 0 Å². The molecule has 0 bridgehead atoms. The summed E-state index contributed by atoms with van der Waals surface area (Å²) in [7, 11) is 0. The number of carbonyl (C=O) groups excluding carboxylic acids is 2. The third-order valence-corrected chi connectivity index (χ3v) is 13.6. The van der Waals surface area contributed by atoms with E-state index < -0.39 is 11.9 Å². The number of fused-ring (bicyclic) bond motifs is 2. The van der Waals surface area contributed by atoms with E-state index in [4.69, 9.17) is 18.9 Å². The molecule has 6 aromatic carbocycles. The van der Waals surface area contributed by atoms with Gasteiger partial charge in [0.1, 0.15) is 34.5 Å². The number of nitrogens with zero attached hydrogens (tertiary/aromatic N) is 2. The molecule has 0 saturated heterocycles. The predicted molar refractivity (Wildman–Crippen MR) is 307 cm³/mol. The van der Waals surface area contributed by atoms with Crippen molar-refractivity contribution in [3.63, 3.8) is 0 Å². The van der Waals surface area contributed by atoms with Crippen molar-refractivity contribution in [1.82, 2.24) is 0 Å². The Morgan fingerprint density at radius 1 is 0.387 bits per heavy atom. The highest BCUT2D eigenvalue weighted by Gasteiger charge is 2.14. The van der Waals surface area contributed by atoms with E-state index in [1.807, 2.05) is 60.7 Å². The number of aromatic hydroxyl groups is 2. The average Bonchev–Trinajstić information content (AvgIpc) is 3.41. The molecule has 10 nitrogen and oxygen atoms in total. The van der Waals surface area contributed by atoms with E-state index in [9.17, 15) is 19.8 Å². The zero-order valence-electron chi connectivity index (χ0n) is 44.9. The molecule has 75 heavy (non-hydrogen) atoms. The fraction of sp³-hybridized carbons (Fsp3) is 0.446. The van der Waals surface area contributed by atoms with Crippen molar-refractivity contribution in [3.8, 4) is 34.5 Å². The Hall–Kier alpha value is -6.68. The minimum absolute atomic E-state index is 0.00114. The van der Waals surface area contributed by atoms with E-state index in [2.05, 4.69) is 23.8 Å². The van der Waals surface area contributed by atoms with Gasteiger partial charge in [0.25, 0.3) is 0 Å². The van der Waals surface area contributed by atoms with Crippen LogP contribution in [0.5, 0.6) is 34.5 Å². The first-order chi connectivity index (χ1) is 36.8. The maximum Gasteiger partial charge on any atom is 0.343 e. The van der Waals surface area contributed by atoms with Crippen LogP contribution < -0.4 is 18.9 Å². The van der Waals surface area contributed by atoms with Crippen molar-refractivity contribution in [3.05, 3.63) is 131 Å². The van der Waals surface area contributed by atoms with E-state index in [1.54, 1.807) is 48.8 Å². The molecule has 0 heterocycles. The first-order valence-electron chi connectivity index (χ1n) is 28.2. The minimum Gasteiger partial charge on any atom is -0.507 e. The molecule has 400 valence electrons. The SMILES string of the molecule is CCCCCCCCCCOc1ccc2cc(C(=O)Oc3ccc(C=NCCCCCCCCCN=Cc4ccc(OC(=O)c5ccc6cc(OCCCCCCCCCC)ccc6c5)cc4O)c(O)c3)ccc2c1. The van der Waals surface area contributed by atoms with Crippen molar-refractivity contribution in [2.24, 2.45) is 9.98 Å². The average molecular weight is 1020 g/mol. The Morgan fingerprint density at radius 2 is 0.720 bits per heavy atom. The predicted octanol–water partition coefficient (Wildman–Crippen LogP) is 17.2. The molecule has 0 aliphatic heterocycles. The number of esters is 2. The van der Waals surface area contributed by atoms with Crippen LogP contribution in [0.1, 0.15) is 193 Å². The van der Waals surface area contributed by atoms with Crippen LogP contribution in [0, 0.1) is 0 Å². The lowest BCUT2D eigenvalue weighted by atomic mass is 10.1. The summed E-state index contributed by atoms with van der Waals surface area (Å²) in [5.41, 5.74) is 1.99. The molecular weight excluding hydrogens is 937 g/mol. The zero-order valence-corrected chi connectivity index (χ0v) is 44.9. The van der Waals surface area contributed by atoms with Crippen LogP contribution in [-0.4, -0.2) is 60.9 Å². The van der Waals surface area contributed by atoms with Crippen LogP contribution >= 0.6 is 0 Å². The van der Waals surface area contributed by atoms with Gasteiger partial charge in [-0.25, -0.2) is 9.59 Å². The van der Waals surface area contributed by atoms with Gasteiger partial charge in [-0.2, -0.15) is 0 Å². The fourth-order valence-corrected chi connectivity index (χ4v) is 9.07. The first kappa shape index (κ1) is 57.6. The van der Waals surface area contributed by atoms with Gasteiger partial charge >= 0.3 is 11.9 Å². The number of benzene rings is 6. The number of carbonyl (C=O) groups is 2. The van der Waals surface area contributed by atoms with Gasteiger partial charge in [-0.1, -0.05) is 160 Å². The topological polar surface area (TPSA) is 136 Å². The monoisotopic (exact) mass is 1020 g/mol. The van der Waals surface area contributed by atoms with Gasteiger partial charge in [0.05, 0.1) is 24.3 Å². The van der Waals surface area contributed by atoms with E-state index >= 15 is 0 Å². The number of aliphatic imine (C=N–C) groups is 2. The summed E-state index contributed by atoms with van der Waals surface area (Å²) >= 11 is 0. The summed E-state index contributed by atoms with van der Waals surface area (Å²) in [4.78, 5) is 35.1. The summed E-state index contributed by atoms with van der Waals surface area (Å²) < 4.78 is 23.2. The largest absolute Gasteiger partial charge is 0.507 e. The molecule has 6 aromatic rings. The molecule has 0 atom stereocenters. The third-order valence-electron chi connectivity index (χ3n) is 13.6. The quantitative estimate of drug-likeness (QED) is 0.0172. The Bertz CT molecular complexity index is 2540. The van der Waals surface area contributed by atoms with Crippen LogP contribution in [0.15, 0.2) is 119 Å². The molecule has 0 radical (unpaired) electrons. The smallest absolute Gasteiger partial charge is 0.343 e. The maximum atomic E-state index is 13.0. The standard InChI is InChI=1S/C65H82N2O8/c1-3-5-7-9-11-16-20-24-40-72-58-34-30-50-42-54(28-26-52(50)44-58)64(70)74-60-36-32-56(62(68)46-60)48-66-38-22-18-14-13-15-19-23-39-67-49-57-33-37-61(47-63(57)69)75-65(71)55-29-27-53-45-59(35-31-51(53)43-55)73-41-25-21-17-12-10-8-6-4-2/h26-37,42-49,68-69H,3-25,38-41H2,1-2H3. The van der Waals surface area contributed by atoms with Crippen molar-refractivity contribution in [2.45, 2.75) is 162 Å². The summed E-state index contributed by atoms with van der Waals surface area (Å²) in [6.45, 7) is 7.23. The van der Waals surface area contributed by atoms with Crippen LogP contribution in [-0.2, 0) is 0 Å². The van der Waals surface area contributed by atoms with Gasteiger partial charge in [0.15, 0.2) is 0 Å². The molecule has 0 amide bonds. The first-order valence-corrected chi connectivity index (χ1v) is 28.2. The number of hydrogen-bond acceptors (Lipinski definition) is 10. The summed E-state index contributed by atoms with van der Waals surface area (Å²) in [6.07, 6.45) is 31.0. The van der Waals surface area contributed by atoms with Crippen LogP contribution in [0.25, 0.3) is 21.5 Å². The van der Waals surface area contributed by atoms with E-state index in [-0.39, 0.29) is 23.0 Å². The second-order valence-corrected chi connectivity index (χ2v) is 19.9. The molecule has 0 aliphatic rings. The normalized spacial score (nSPS) is 11.5. The van der Waals surface area contributed by atoms with E-state index in [0.717, 1.165) is 90.8 Å². The molecule has 2 N–H and O–H groups in total. The highest BCUT2D eigenvalue weighted by molar-refractivity contribution is 5.98. The molecule has 0 aromatic heterocycles. The molecule has 0 saturated carbocycles. The summed E-state index contributed by atoms with van der Waals surface area (Å²) in [6, 6.07) is 32.4. The van der Waals surface area contributed by atoms with Crippen molar-refractivity contribution < 1.29 is 38.7 Å². The van der Waals surface area contributed by atoms with Gasteiger partial charge in [-0.05, 0) is 120 Å². The molecular formula is C65H82N2O8. The minimum atomic E-state index is -0.495. The number of ether oxygens (including phenoxy) is 4.